The van der Waals surface area contributed by atoms with Crippen molar-refractivity contribution in [2.24, 2.45) is 0 Å². The van der Waals surface area contributed by atoms with Gasteiger partial charge in [0, 0.05) is 40.5 Å². The van der Waals surface area contributed by atoms with Gasteiger partial charge in [0.05, 0.1) is 5.92 Å². The normalized spacial score (nSPS) is 12.2. The van der Waals surface area contributed by atoms with E-state index in [1.165, 1.54) is 0 Å². The highest BCUT2D eigenvalue weighted by Crippen LogP contribution is 2.31. The standard InChI is InChI=1S/C24H22N2O3/c1-2-26-21-11-7-6-10-18(21)20-14-17(12-13-22(20)26)25-23(27)15-19(24(28)29)16-8-4-3-5-9-16/h3-14,19H,2,15H2,1H3,(H,25,27)(H,28,29). The summed E-state index contributed by atoms with van der Waals surface area (Å²) in [7, 11) is 0. The summed E-state index contributed by atoms with van der Waals surface area (Å²) in [5.41, 5.74) is 3.55. The predicted octanol–water partition coefficient (Wildman–Crippen LogP) is 5.01. The molecule has 0 aliphatic rings. The number of anilines is 1. The van der Waals surface area contributed by atoms with Crippen molar-refractivity contribution in [3.63, 3.8) is 0 Å². The van der Waals surface area contributed by atoms with Crippen molar-refractivity contribution in [1.82, 2.24) is 4.57 Å². The highest BCUT2D eigenvalue weighted by atomic mass is 16.4. The van der Waals surface area contributed by atoms with Crippen LogP contribution in [0.1, 0.15) is 24.8 Å². The molecule has 0 saturated heterocycles. The van der Waals surface area contributed by atoms with Gasteiger partial charge < -0.3 is 15.0 Å². The molecule has 1 heterocycles. The molecule has 0 aliphatic heterocycles. The first kappa shape index (κ1) is 18.7. The number of aryl methyl sites for hydroxylation is 1. The lowest BCUT2D eigenvalue weighted by atomic mass is 9.95. The predicted molar refractivity (Wildman–Crippen MR) is 115 cm³/mol. The van der Waals surface area contributed by atoms with Crippen molar-refractivity contribution in [1.29, 1.82) is 0 Å². The number of aliphatic carboxylic acids is 1. The van der Waals surface area contributed by atoms with Crippen LogP contribution in [0.15, 0.2) is 72.8 Å². The number of fused-ring (bicyclic) bond motifs is 3. The van der Waals surface area contributed by atoms with Gasteiger partial charge in [0.15, 0.2) is 0 Å². The Labute approximate surface area is 168 Å². The number of carbonyl (C=O) groups excluding carboxylic acids is 1. The van der Waals surface area contributed by atoms with Gasteiger partial charge in [0.2, 0.25) is 5.91 Å². The Kier molecular flexibility index (Phi) is 5.04. The molecule has 1 atom stereocenters. The third-order valence-corrected chi connectivity index (χ3v) is 5.26. The van der Waals surface area contributed by atoms with Gasteiger partial charge in [-0.3, -0.25) is 9.59 Å². The van der Waals surface area contributed by atoms with Gasteiger partial charge in [-0.05, 0) is 36.8 Å². The Bertz CT molecular complexity index is 1190. The number of para-hydroxylation sites is 1. The third-order valence-electron chi connectivity index (χ3n) is 5.26. The van der Waals surface area contributed by atoms with Crippen LogP contribution in [0.2, 0.25) is 0 Å². The summed E-state index contributed by atoms with van der Waals surface area (Å²) in [6.07, 6.45) is -0.117. The number of nitrogens with zero attached hydrogens (tertiary/aromatic N) is 1. The van der Waals surface area contributed by atoms with Crippen LogP contribution in [0.25, 0.3) is 21.8 Å². The SMILES string of the molecule is CCn1c2ccccc2c2cc(NC(=O)CC(C(=O)O)c3ccccc3)ccc21. The molecule has 4 aromatic rings. The molecule has 5 nitrogen and oxygen atoms in total. The van der Waals surface area contributed by atoms with E-state index < -0.39 is 11.9 Å². The maximum absolute atomic E-state index is 12.6. The zero-order valence-corrected chi connectivity index (χ0v) is 16.1. The van der Waals surface area contributed by atoms with E-state index >= 15 is 0 Å². The van der Waals surface area contributed by atoms with E-state index in [0.717, 1.165) is 28.4 Å². The van der Waals surface area contributed by atoms with Crippen molar-refractivity contribution in [2.75, 3.05) is 5.32 Å². The first-order valence-electron chi connectivity index (χ1n) is 9.67. The van der Waals surface area contributed by atoms with E-state index in [1.807, 2.05) is 36.4 Å². The van der Waals surface area contributed by atoms with Crippen molar-refractivity contribution < 1.29 is 14.7 Å². The number of amides is 1. The van der Waals surface area contributed by atoms with E-state index in [1.54, 1.807) is 24.3 Å². The molecule has 5 heteroatoms. The zero-order valence-electron chi connectivity index (χ0n) is 16.1. The molecule has 0 bridgehead atoms. The first-order valence-corrected chi connectivity index (χ1v) is 9.67. The minimum atomic E-state index is -1.01. The Balaban J connectivity index is 1.61. The summed E-state index contributed by atoms with van der Waals surface area (Å²) in [6, 6.07) is 22.9. The van der Waals surface area contributed by atoms with Crippen LogP contribution in [-0.4, -0.2) is 21.6 Å². The molecule has 1 unspecified atom stereocenters. The lowest BCUT2D eigenvalue weighted by molar-refractivity contribution is -0.140. The molecule has 0 radical (unpaired) electrons. The van der Waals surface area contributed by atoms with E-state index in [9.17, 15) is 14.7 Å². The van der Waals surface area contributed by atoms with Crippen LogP contribution in [-0.2, 0) is 16.1 Å². The largest absolute Gasteiger partial charge is 0.481 e. The Hall–Kier alpha value is -3.60. The zero-order chi connectivity index (χ0) is 20.4. The number of hydrogen-bond acceptors (Lipinski definition) is 2. The van der Waals surface area contributed by atoms with Crippen LogP contribution in [0.3, 0.4) is 0 Å². The fourth-order valence-corrected chi connectivity index (χ4v) is 3.90. The second kappa shape index (κ2) is 7.80. The van der Waals surface area contributed by atoms with Crippen LogP contribution in [0.5, 0.6) is 0 Å². The van der Waals surface area contributed by atoms with Crippen molar-refractivity contribution in [2.45, 2.75) is 25.8 Å². The first-order chi connectivity index (χ1) is 14.1. The molecule has 1 aromatic heterocycles. The molecule has 146 valence electrons. The Morgan fingerprint density at radius 2 is 1.62 bits per heavy atom. The summed E-state index contributed by atoms with van der Waals surface area (Å²) in [6.45, 7) is 2.96. The van der Waals surface area contributed by atoms with Crippen LogP contribution < -0.4 is 5.32 Å². The molecular weight excluding hydrogens is 364 g/mol. The highest BCUT2D eigenvalue weighted by Gasteiger charge is 2.23. The molecule has 2 N–H and O–H groups in total. The van der Waals surface area contributed by atoms with Gasteiger partial charge in [-0.2, -0.15) is 0 Å². The minimum Gasteiger partial charge on any atom is -0.481 e. The monoisotopic (exact) mass is 386 g/mol. The molecule has 0 fully saturated rings. The number of rotatable bonds is 6. The minimum absolute atomic E-state index is 0.117. The second-order valence-corrected chi connectivity index (χ2v) is 7.05. The van der Waals surface area contributed by atoms with Crippen molar-refractivity contribution in [3.8, 4) is 0 Å². The number of carboxylic acids is 1. The maximum atomic E-state index is 12.6. The molecule has 1 amide bonds. The number of nitrogens with one attached hydrogen (secondary N) is 1. The van der Waals surface area contributed by atoms with E-state index in [4.69, 9.17) is 0 Å². The average molecular weight is 386 g/mol. The van der Waals surface area contributed by atoms with E-state index in [-0.39, 0.29) is 12.3 Å². The van der Waals surface area contributed by atoms with Gasteiger partial charge in [-0.15, -0.1) is 0 Å². The third kappa shape index (κ3) is 3.59. The van der Waals surface area contributed by atoms with Gasteiger partial charge in [0.1, 0.15) is 0 Å². The maximum Gasteiger partial charge on any atom is 0.311 e. The molecule has 0 spiro atoms. The molecule has 29 heavy (non-hydrogen) atoms. The van der Waals surface area contributed by atoms with Crippen LogP contribution in [0.4, 0.5) is 5.69 Å². The number of aromatic nitrogens is 1. The molecular formula is C24H22N2O3. The smallest absolute Gasteiger partial charge is 0.311 e. The summed E-state index contributed by atoms with van der Waals surface area (Å²) in [5, 5.41) is 14.6. The Morgan fingerprint density at radius 3 is 2.34 bits per heavy atom. The molecule has 3 aromatic carbocycles. The van der Waals surface area contributed by atoms with Crippen molar-refractivity contribution >= 4 is 39.4 Å². The topological polar surface area (TPSA) is 71.3 Å². The summed E-state index contributed by atoms with van der Waals surface area (Å²) in [4.78, 5) is 24.2. The summed E-state index contributed by atoms with van der Waals surface area (Å²) < 4.78 is 2.24. The quantitative estimate of drug-likeness (QED) is 0.489. The fraction of sp³-hybridized carbons (Fsp3) is 0.167. The van der Waals surface area contributed by atoms with Gasteiger partial charge >= 0.3 is 5.97 Å². The number of hydrogen-bond donors (Lipinski definition) is 2. The molecule has 0 saturated carbocycles. The number of carboxylic acid groups (broad SMARTS) is 1. The number of benzene rings is 3. The van der Waals surface area contributed by atoms with Crippen LogP contribution in [0, 0.1) is 0 Å². The average Bonchev–Trinajstić information content (AvgIpc) is 3.05. The van der Waals surface area contributed by atoms with E-state index in [2.05, 4.69) is 28.9 Å². The summed E-state index contributed by atoms with van der Waals surface area (Å²) >= 11 is 0. The molecule has 0 aliphatic carbocycles. The number of carbonyl (C=O) groups is 2. The lowest BCUT2D eigenvalue weighted by Crippen LogP contribution is -2.20. The fourth-order valence-electron chi connectivity index (χ4n) is 3.90. The highest BCUT2D eigenvalue weighted by molar-refractivity contribution is 6.10. The van der Waals surface area contributed by atoms with Gasteiger partial charge in [-0.1, -0.05) is 48.5 Å². The second-order valence-electron chi connectivity index (χ2n) is 7.05. The van der Waals surface area contributed by atoms with Crippen molar-refractivity contribution in [3.05, 3.63) is 78.4 Å². The lowest BCUT2D eigenvalue weighted by Gasteiger charge is -2.13. The molecule has 4 rings (SSSR count). The van der Waals surface area contributed by atoms with E-state index in [0.29, 0.717) is 11.3 Å². The Morgan fingerprint density at radius 1 is 0.931 bits per heavy atom. The summed E-state index contributed by atoms with van der Waals surface area (Å²) in [5.74, 6) is -2.20. The van der Waals surface area contributed by atoms with Crippen LogP contribution >= 0.6 is 0 Å². The van der Waals surface area contributed by atoms with Gasteiger partial charge in [0.25, 0.3) is 0 Å². The van der Waals surface area contributed by atoms with Gasteiger partial charge in [-0.25, -0.2) is 0 Å².